The largest absolute Gasteiger partial charge is 0.381 e. The van der Waals surface area contributed by atoms with E-state index in [4.69, 9.17) is 0 Å². The van der Waals surface area contributed by atoms with Gasteiger partial charge in [-0.3, -0.25) is 0 Å². The molecule has 0 spiro atoms. The third-order valence-corrected chi connectivity index (χ3v) is 2.39. The summed E-state index contributed by atoms with van der Waals surface area (Å²) in [5, 5.41) is 3.61. The molecule has 0 bridgehead atoms. The van der Waals surface area contributed by atoms with E-state index in [2.05, 4.69) is 58.1 Å². The molecule has 0 radical (unpaired) electrons. The smallest absolute Gasteiger partial charge is 0.0331 e. The fourth-order valence-electron chi connectivity index (χ4n) is 2.16. The minimum atomic E-state index is 0.112. The van der Waals surface area contributed by atoms with Gasteiger partial charge in [0.2, 0.25) is 0 Å². The minimum Gasteiger partial charge on any atom is -0.381 e. The first-order chi connectivity index (χ1) is 5.72. The standard InChI is InChI=1S/C11H22N2/c1-10(2)7-9(13(5)6)8-11(3,4)12-10/h7,12H,8H2,1-6H3. The summed E-state index contributed by atoms with van der Waals surface area (Å²) in [6.07, 6.45) is 3.42. The van der Waals surface area contributed by atoms with Gasteiger partial charge < -0.3 is 10.2 Å². The highest BCUT2D eigenvalue weighted by Crippen LogP contribution is 2.28. The maximum Gasteiger partial charge on any atom is 0.0331 e. The Morgan fingerprint density at radius 2 is 1.77 bits per heavy atom. The van der Waals surface area contributed by atoms with Crippen molar-refractivity contribution in [3.63, 3.8) is 0 Å². The van der Waals surface area contributed by atoms with Crippen molar-refractivity contribution in [2.45, 2.75) is 45.2 Å². The summed E-state index contributed by atoms with van der Waals surface area (Å²) in [5.74, 6) is 0. The second-order valence-electron chi connectivity index (χ2n) is 5.44. The molecule has 2 nitrogen and oxygen atoms in total. The Morgan fingerprint density at radius 1 is 1.23 bits per heavy atom. The Bertz CT molecular complexity index is 224. The Kier molecular flexibility index (Phi) is 2.46. The van der Waals surface area contributed by atoms with Crippen LogP contribution in [0.25, 0.3) is 0 Å². The van der Waals surface area contributed by atoms with Crippen LogP contribution >= 0.6 is 0 Å². The zero-order valence-electron chi connectivity index (χ0n) is 9.73. The number of rotatable bonds is 1. The molecule has 1 heterocycles. The fraction of sp³-hybridized carbons (Fsp3) is 0.818. The van der Waals surface area contributed by atoms with Crippen LogP contribution in [0.2, 0.25) is 0 Å². The van der Waals surface area contributed by atoms with Gasteiger partial charge in [-0.15, -0.1) is 0 Å². The van der Waals surface area contributed by atoms with Crippen LogP contribution < -0.4 is 5.32 Å². The fourth-order valence-corrected chi connectivity index (χ4v) is 2.16. The van der Waals surface area contributed by atoms with Crippen molar-refractivity contribution >= 4 is 0 Å². The molecule has 2 heteroatoms. The maximum atomic E-state index is 3.61. The molecule has 0 unspecified atom stereocenters. The number of hydrogen-bond donors (Lipinski definition) is 1. The van der Waals surface area contributed by atoms with E-state index in [1.54, 1.807) is 0 Å². The number of nitrogens with one attached hydrogen (secondary N) is 1. The first kappa shape index (κ1) is 10.6. The SMILES string of the molecule is CN(C)C1=CC(C)(C)NC(C)(C)C1. The Morgan fingerprint density at radius 3 is 2.15 bits per heavy atom. The van der Waals surface area contributed by atoms with Crippen molar-refractivity contribution in [3.8, 4) is 0 Å². The van der Waals surface area contributed by atoms with Gasteiger partial charge in [-0.25, -0.2) is 0 Å². The average Bonchev–Trinajstić information content (AvgIpc) is 1.79. The molecule has 0 aromatic carbocycles. The molecule has 0 aromatic rings. The second-order valence-corrected chi connectivity index (χ2v) is 5.44. The van der Waals surface area contributed by atoms with Crippen LogP contribution in [-0.4, -0.2) is 30.1 Å². The van der Waals surface area contributed by atoms with Crippen LogP contribution in [0.15, 0.2) is 11.8 Å². The lowest BCUT2D eigenvalue weighted by molar-refractivity contribution is 0.255. The summed E-state index contributed by atoms with van der Waals surface area (Å²) >= 11 is 0. The molecule has 0 atom stereocenters. The van der Waals surface area contributed by atoms with Gasteiger partial charge in [0, 0.05) is 37.3 Å². The van der Waals surface area contributed by atoms with Crippen LogP contribution in [0.1, 0.15) is 34.1 Å². The monoisotopic (exact) mass is 182 g/mol. The minimum absolute atomic E-state index is 0.112. The molecule has 0 amide bonds. The summed E-state index contributed by atoms with van der Waals surface area (Å²) in [4.78, 5) is 2.21. The molecule has 0 aromatic heterocycles. The summed E-state index contributed by atoms with van der Waals surface area (Å²) in [6.45, 7) is 8.95. The molecule has 1 aliphatic heterocycles. The van der Waals surface area contributed by atoms with E-state index < -0.39 is 0 Å². The van der Waals surface area contributed by atoms with Crippen molar-refractivity contribution in [1.82, 2.24) is 10.2 Å². The summed E-state index contributed by atoms with van der Waals surface area (Å²) < 4.78 is 0. The molecule has 1 N–H and O–H groups in total. The van der Waals surface area contributed by atoms with Gasteiger partial charge in [-0.1, -0.05) is 0 Å². The zero-order chi connectivity index (χ0) is 10.3. The van der Waals surface area contributed by atoms with Gasteiger partial charge in [0.05, 0.1) is 0 Å². The van der Waals surface area contributed by atoms with Crippen molar-refractivity contribution in [1.29, 1.82) is 0 Å². The average molecular weight is 182 g/mol. The lowest BCUT2D eigenvalue weighted by Gasteiger charge is -2.42. The van der Waals surface area contributed by atoms with E-state index in [0.717, 1.165) is 6.42 Å². The first-order valence-corrected chi connectivity index (χ1v) is 4.90. The highest BCUT2D eigenvalue weighted by atomic mass is 15.1. The molecule has 0 saturated heterocycles. The normalized spacial score (nSPS) is 25.2. The van der Waals surface area contributed by atoms with Gasteiger partial charge in [-0.05, 0) is 33.8 Å². The van der Waals surface area contributed by atoms with Crippen LogP contribution in [0.5, 0.6) is 0 Å². The topological polar surface area (TPSA) is 15.3 Å². The van der Waals surface area contributed by atoms with E-state index in [-0.39, 0.29) is 11.1 Å². The first-order valence-electron chi connectivity index (χ1n) is 4.90. The molecule has 76 valence electrons. The third-order valence-electron chi connectivity index (χ3n) is 2.39. The zero-order valence-corrected chi connectivity index (χ0v) is 9.73. The highest BCUT2D eigenvalue weighted by Gasteiger charge is 2.32. The van der Waals surface area contributed by atoms with Crippen LogP contribution in [-0.2, 0) is 0 Å². The number of nitrogens with zero attached hydrogens (tertiary/aromatic N) is 1. The van der Waals surface area contributed by atoms with E-state index in [1.807, 2.05) is 0 Å². The van der Waals surface area contributed by atoms with E-state index in [0.29, 0.717) is 0 Å². The third kappa shape index (κ3) is 2.73. The van der Waals surface area contributed by atoms with Gasteiger partial charge in [0.15, 0.2) is 0 Å². The van der Waals surface area contributed by atoms with Gasteiger partial charge >= 0.3 is 0 Å². The summed E-state index contributed by atoms with van der Waals surface area (Å²) in [5.41, 5.74) is 1.74. The summed E-state index contributed by atoms with van der Waals surface area (Å²) in [7, 11) is 4.23. The molecule has 0 fully saturated rings. The van der Waals surface area contributed by atoms with Crippen LogP contribution in [0, 0.1) is 0 Å². The van der Waals surface area contributed by atoms with Crippen molar-refractivity contribution in [2.24, 2.45) is 0 Å². The molecule has 0 saturated carbocycles. The Balaban J connectivity index is 2.93. The van der Waals surface area contributed by atoms with Crippen LogP contribution in [0.3, 0.4) is 0 Å². The molecule has 1 rings (SSSR count). The van der Waals surface area contributed by atoms with Gasteiger partial charge in [0.1, 0.15) is 0 Å². The number of hydrogen-bond acceptors (Lipinski definition) is 2. The predicted molar refractivity (Wildman–Crippen MR) is 57.7 cm³/mol. The molecular formula is C11H22N2. The van der Waals surface area contributed by atoms with Crippen molar-refractivity contribution < 1.29 is 0 Å². The van der Waals surface area contributed by atoms with Gasteiger partial charge in [-0.2, -0.15) is 0 Å². The van der Waals surface area contributed by atoms with Crippen LogP contribution in [0.4, 0.5) is 0 Å². The predicted octanol–water partition coefficient (Wildman–Crippen LogP) is 1.98. The highest BCUT2D eigenvalue weighted by molar-refractivity contribution is 5.19. The second kappa shape index (κ2) is 3.02. The van der Waals surface area contributed by atoms with Gasteiger partial charge in [0.25, 0.3) is 0 Å². The molecule has 0 aliphatic carbocycles. The van der Waals surface area contributed by atoms with E-state index in [1.165, 1.54) is 5.70 Å². The quantitative estimate of drug-likeness (QED) is 0.667. The lowest BCUT2D eigenvalue weighted by Crippen LogP contribution is -2.55. The van der Waals surface area contributed by atoms with E-state index in [9.17, 15) is 0 Å². The molecule has 13 heavy (non-hydrogen) atoms. The van der Waals surface area contributed by atoms with Crippen molar-refractivity contribution in [2.75, 3.05) is 14.1 Å². The van der Waals surface area contributed by atoms with E-state index >= 15 is 0 Å². The summed E-state index contributed by atoms with van der Waals surface area (Å²) in [6, 6.07) is 0. The Hall–Kier alpha value is -0.500. The van der Waals surface area contributed by atoms with Crippen molar-refractivity contribution in [3.05, 3.63) is 11.8 Å². The molecular weight excluding hydrogens is 160 g/mol. The Labute approximate surface area is 82.0 Å². The lowest BCUT2D eigenvalue weighted by atomic mass is 9.86. The maximum absolute atomic E-state index is 3.61. The molecule has 1 aliphatic rings.